The molecule has 1 nitrogen and oxygen atoms in total. The van der Waals surface area contributed by atoms with Gasteiger partial charge in [0.1, 0.15) is 0 Å². The molecule has 0 bridgehead atoms. The number of rotatable bonds is 11. The quantitative estimate of drug-likeness (QED) is 0.522. The lowest BCUT2D eigenvalue weighted by Gasteiger charge is -2.08. The van der Waals surface area contributed by atoms with E-state index in [1.807, 2.05) is 0 Å². The molecule has 0 heterocycles. The third-order valence-corrected chi connectivity index (χ3v) is 2.96. The zero-order valence-electron chi connectivity index (χ0n) is 11.6. The largest absolute Gasteiger partial charge is 1.00 e. The molecule has 0 aromatic heterocycles. The average Bonchev–Trinajstić information content (AvgIpc) is 2.20. The van der Waals surface area contributed by atoms with Crippen molar-refractivity contribution >= 4 is 0 Å². The van der Waals surface area contributed by atoms with Gasteiger partial charge in [-0.05, 0) is 27.1 Å². The Morgan fingerprint density at radius 1 is 0.625 bits per heavy atom. The molecule has 0 aromatic rings. The van der Waals surface area contributed by atoms with E-state index in [0.29, 0.717) is 0 Å². The van der Waals surface area contributed by atoms with Crippen LogP contribution in [0.3, 0.4) is 0 Å². The summed E-state index contributed by atoms with van der Waals surface area (Å²) in [6.45, 7) is 3.54. The Bertz CT molecular complexity index is 115. The standard InChI is InChI=1S/C14H31N.BrH/c1-4-5-6-7-8-9-10-11-12-13-14-15(2)3;/h4-14H2,1-3H3;1H/p-1. The minimum atomic E-state index is 0. The van der Waals surface area contributed by atoms with Crippen molar-refractivity contribution in [2.24, 2.45) is 0 Å². The summed E-state index contributed by atoms with van der Waals surface area (Å²) < 4.78 is 0. The van der Waals surface area contributed by atoms with Crippen LogP contribution in [0.5, 0.6) is 0 Å². The van der Waals surface area contributed by atoms with Crippen LogP contribution < -0.4 is 17.0 Å². The predicted octanol–water partition coefficient (Wildman–Crippen LogP) is 1.47. The van der Waals surface area contributed by atoms with E-state index < -0.39 is 0 Å². The molecule has 0 N–H and O–H groups in total. The molecule has 0 radical (unpaired) electrons. The highest BCUT2D eigenvalue weighted by Crippen LogP contribution is 2.10. The van der Waals surface area contributed by atoms with Crippen molar-refractivity contribution in [3.05, 3.63) is 0 Å². The molecule has 0 aromatic carbocycles. The maximum atomic E-state index is 2.28. The number of halogens is 1. The van der Waals surface area contributed by atoms with Gasteiger partial charge >= 0.3 is 0 Å². The number of hydrogen-bond acceptors (Lipinski definition) is 1. The van der Waals surface area contributed by atoms with E-state index in [4.69, 9.17) is 0 Å². The lowest BCUT2D eigenvalue weighted by atomic mass is 10.1. The Kier molecular flexibility index (Phi) is 18.1. The maximum absolute atomic E-state index is 2.28. The summed E-state index contributed by atoms with van der Waals surface area (Å²) in [7, 11) is 4.32. The van der Waals surface area contributed by atoms with E-state index in [9.17, 15) is 0 Å². The van der Waals surface area contributed by atoms with Crippen molar-refractivity contribution in [1.29, 1.82) is 0 Å². The van der Waals surface area contributed by atoms with Crippen LogP contribution in [0.4, 0.5) is 0 Å². The van der Waals surface area contributed by atoms with E-state index in [1.165, 1.54) is 70.8 Å². The average molecular weight is 293 g/mol. The first-order valence-corrected chi connectivity index (χ1v) is 6.92. The topological polar surface area (TPSA) is 3.24 Å². The van der Waals surface area contributed by atoms with E-state index in [2.05, 4.69) is 25.9 Å². The van der Waals surface area contributed by atoms with Crippen LogP contribution in [-0.4, -0.2) is 25.5 Å². The van der Waals surface area contributed by atoms with Crippen molar-refractivity contribution in [3.63, 3.8) is 0 Å². The maximum Gasteiger partial charge on any atom is -0.00248 e. The molecule has 0 aliphatic rings. The lowest BCUT2D eigenvalue weighted by Crippen LogP contribution is -3.00. The van der Waals surface area contributed by atoms with E-state index >= 15 is 0 Å². The number of hydrogen-bond donors (Lipinski definition) is 0. The summed E-state index contributed by atoms with van der Waals surface area (Å²) >= 11 is 0. The summed E-state index contributed by atoms with van der Waals surface area (Å²) in [6.07, 6.45) is 14.4. The molecule has 100 valence electrons. The Balaban J connectivity index is 0. The summed E-state index contributed by atoms with van der Waals surface area (Å²) in [5, 5.41) is 0. The second-order valence-corrected chi connectivity index (χ2v) is 4.99. The Morgan fingerprint density at radius 2 is 1.00 bits per heavy atom. The molecule has 2 heteroatoms. The number of unbranched alkanes of at least 4 members (excludes halogenated alkanes) is 9. The van der Waals surface area contributed by atoms with Gasteiger partial charge in [0, 0.05) is 0 Å². The Hall–Kier alpha value is 0.440. The molecule has 16 heavy (non-hydrogen) atoms. The monoisotopic (exact) mass is 292 g/mol. The zero-order chi connectivity index (χ0) is 11.4. The molecule has 0 unspecified atom stereocenters. The second kappa shape index (κ2) is 15.4. The second-order valence-electron chi connectivity index (χ2n) is 4.99. The third-order valence-electron chi connectivity index (χ3n) is 2.96. The summed E-state index contributed by atoms with van der Waals surface area (Å²) in [5.74, 6) is 0. The lowest BCUT2D eigenvalue weighted by molar-refractivity contribution is -0.00000350. The van der Waals surface area contributed by atoms with Crippen molar-refractivity contribution in [2.75, 3.05) is 20.6 Å². The summed E-state index contributed by atoms with van der Waals surface area (Å²) in [5.41, 5.74) is 0. The fourth-order valence-corrected chi connectivity index (χ4v) is 1.92. The smallest absolute Gasteiger partial charge is 0.00248 e. The van der Waals surface area contributed by atoms with Crippen LogP contribution in [-0.2, 0) is 0 Å². The summed E-state index contributed by atoms with van der Waals surface area (Å²) in [6, 6.07) is 0. The molecular formula is C14H31BrN-. The first kappa shape index (κ1) is 18.8. The fraction of sp³-hybridized carbons (Fsp3) is 1.00. The van der Waals surface area contributed by atoms with Gasteiger partial charge in [0.15, 0.2) is 0 Å². The first-order chi connectivity index (χ1) is 7.27. The molecule has 0 amide bonds. The molecular weight excluding hydrogens is 262 g/mol. The van der Waals surface area contributed by atoms with Crippen LogP contribution in [0.15, 0.2) is 0 Å². The minimum absolute atomic E-state index is 0. The third kappa shape index (κ3) is 16.9. The Morgan fingerprint density at radius 3 is 1.38 bits per heavy atom. The minimum Gasteiger partial charge on any atom is -1.00 e. The van der Waals surface area contributed by atoms with Gasteiger partial charge in [-0.3, -0.25) is 0 Å². The van der Waals surface area contributed by atoms with Gasteiger partial charge in [0.05, 0.1) is 0 Å². The molecule has 0 spiro atoms. The molecule has 0 fully saturated rings. The van der Waals surface area contributed by atoms with Gasteiger partial charge < -0.3 is 21.9 Å². The molecule has 0 aliphatic carbocycles. The van der Waals surface area contributed by atoms with Crippen molar-refractivity contribution < 1.29 is 17.0 Å². The van der Waals surface area contributed by atoms with Crippen LogP contribution >= 0.6 is 0 Å². The molecule has 0 rings (SSSR count). The van der Waals surface area contributed by atoms with Crippen LogP contribution in [0.25, 0.3) is 0 Å². The highest BCUT2D eigenvalue weighted by molar-refractivity contribution is 4.49. The first-order valence-electron chi connectivity index (χ1n) is 6.92. The van der Waals surface area contributed by atoms with Gasteiger partial charge in [-0.1, -0.05) is 64.7 Å². The molecule has 0 aliphatic heterocycles. The molecule has 0 saturated heterocycles. The van der Waals surface area contributed by atoms with Crippen LogP contribution in [0, 0.1) is 0 Å². The summed E-state index contributed by atoms with van der Waals surface area (Å²) in [4.78, 5) is 2.28. The highest BCUT2D eigenvalue weighted by atomic mass is 79.9. The van der Waals surface area contributed by atoms with Gasteiger partial charge in [-0.25, -0.2) is 0 Å². The van der Waals surface area contributed by atoms with Gasteiger partial charge in [0.25, 0.3) is 0 Å². The van der Waals surface area contributed by atoms with Gasteiger partial charge in [0.2, 0.25) is 0 Å². The van der Waals surface area contributed by atoms with Crippen LogP contribution in [0.2, 0.25) is 0 Å². The number of nitrogens with zero attached hydrogens (tertiary/aromatic N) is 1. The Labute approximate surface area is 114 Å². The predicted molar refractivity (Wildman–Crippen MR) is 70.4 cm³/mol. The van der Waals surface area contributed by atoms with Crippen molar-refractivity contribution in [2.45, 2.75) is 71.1 Å². The van der Waals surface area contributed by atoms with Gasteiger partial charge in [-0.15, -0.1) is 0 Å². The van der Waals surface area contributed by atoms with E-state index in [0.717, 1.165) is 0 Å². The highest BCUT2D eigenvalue weighted by Gasteiger charge is 1.93. The zero-order valence-corrected chi connectivity index (χ0v) is 13.2. The van der Waals surface area contributed by atoms with Gasteiger partial charge in [-0.2, -0.15) is 0 Å². The molecule has 0 saturated carbocycles. The SMILES string of the molecule is CCCCCCCCCCCCN(C)C.[Br-]. The van der Waals surface area contributed by atoms with Crippen LogP contribution in [0.1, 0.15) is 71.1 Å². The normalized spacial score (nSPS) is 10.5. The van der Waals surface area contributed by atoms with Crippen molar-refractivity contribution in [1.82, 2.24) is 4.90 Å². The van der Waals surface area contributed by atoms with Crippen molar-refractivity contribution in [3.8, 4) is 0 Å². The molecule has 0 atom stereocenters. The van der Waals surface area contributed by atoms with E-state index in [-0.39, 0.29) is 17.0 Å². The fourth-order valence-electron chi connectivity index (χ4n) is 1.92. The van der Waals surface area contributed by atoms with E-state index in [1.54, 1.807) is 0 Å².